The van der Waals surface area contributed by atoms with Crippen LogP contribution in [0.1, 0.15) is 0 Å². The number of aromatic hydroxyl groups is 1. The molecule has 130 valence electrons. The Bertz CT molecular complexity index is 1290. The topological polar surface area (TPSA) is 69.9 Å². The summed E-state index contributed by atoms with van der Waals surface area (Å²) in [4.78, 5) is 12.9. The first-order valence-electron chi connectivity index (χ1n) is 8.14. The van der Waals surface area contributed by atoms with Gasteiger partial charge in [-0.1, -0.05) is 12.1 Å². The van der Waals surface area contributed by atoms with Crippen LogP contribution in [0, 0.1) is 0 Å². The lowest BCUT2D eigenvalue weighted by molar-refractivity contribution is 0.174. The number of methoxy groups -OCH3 is 1. The van der Waals surface area contributed by atoms with E-state index in [1.165, 1.54) is 13.2 Å². The third kappa shape index (κ3) is 1.84. The summed E-state index contributed by atoms with van der Waals surface area (Å²) >= 11 is 0. The lowest BCUT2D eigenvalue weighted by Gasteiger charge is -2.14. The molecule has 6 nitrogen and oxygen atoms in total. The minimum Gasteiger partial charge on any atom is -0.504 e. The molecule has 0 spiro atoms. The average molecular weight is 349 g/mol. The second kappa shape index (κ2) is 5.05. The number of rotatable bonds is 1. The Morgan fingerprint density at radius 2 is 1.77 bits per heavy atom. The van der Waals surface area contributed by atoms with Crippen LogP contribution in [0.25, 0.3) is 32.4 Å². The first kappa shape index (κ1) is 14.9. The van der Waals surface area contributed by atoms with E-state index in [1.54, 1.807) is 17.7 Å². The number of aromatic nitrogens is 1. The number of aryl methyl sites for hydroxylation is 1. The van der Waals surface area contributed by atoms with Crippen LogP contribution in [0.5, 0.6) is 23.0 Å². The summed E-state index contributed by atoms with van der Waals surface area (Å²) in [6, 6.07) is 10.9. The number of phenols is 1. The average Bonchev–Trinajstić information content (AvgIpc) is 3.10. The molecule has 1 aliphatic heterocycles. The molecule has 0 aliphatic carbocycles. The van der Waals surface area contributed by atoms with Gasteiger partial charge in [0.2, 0.25) is 6.79 Å². The van der Waals surface area contributed by atoms with Crippen molar-refractivity contribution in [3.8, 4) is 23.0 Å². The fourth-order valence-electron chi connectivity index (χ4n) is 3.69. The van der Waals surface area contributed by atoms with Gasteiger partial charge in [0.25, 0.3) is 5.56 Å². The van der Waals surface area contributed by atoms with Crippen LogP contribution in [0.15, 0.2) is 41.2 Å². The van der Waals surface area contributed by atoms with E-state index in [2.05, 4.69) is 0 Å². The van der Waals surface area contributed by atoms with Crippen molar-refractivity contribution >= 4 is 32.4 Å². The standard InChI is InChI=1S/C20H15NO5/c1-21-19-11(13-8-16(24-2)15(22)6-14(13)20(21)23)4-3-10-5-17-18(7-12(10)19)26-9-25-17/h3-8,22H,9H2,1-2H3. The molecule has 1 aromatic heterocycles. The highest BCUT2D eigenvalue weighted by Gasteiger charge is 2.18. The fourth-order valence-corrected chi connectivity index (χ4v) is 3.69. The van der Waals surface area contributed by atoms with Crippen molar-refractivity contribution in [2.75, 3.05) is 13.9 Å². The number of pyridine rings is 1. The van der Waals surface area contributed by atoms with Crippen LogP contribution in [-0.2, 0) is 7.05 Å². The van der Waals surface area contributed by atoms with E-state index in [0.717, 1.165) is 27.1 Å². The zero-order valence-electron chi connectivity index (χ0n) is 14.2. The van der Waals surface area contributed by atoms with Crippen molar-refractivity contribution in [1.82, 2.24) is 4.57 Å². The van der Waals surface area contributed by atoms with Crippen molar-refractivity contribution in [3.63, 3.8) is 0 Å². The summed E-state index contributed by atoms with van der Waals surface area (Å²) in [5, 5.41) is 14.0. The molecule has 5 rings (SSSR count). The molecule has 0 saturated carbocycles. The molecule has 3 aromatic carbocycles. The fraction of sp³-hybridized carbons (Fsp3) is 0.150. The van der Waals surface area contributed by atoms with Gasteiger partial charge in [-0.2, -0.15) is 0 Å². The van der Waals surface area contributed by atoms with Gasteiger partial charge < -0.3 is 23.9 Å². The van der Waals surface area contributed by atoms with Crippen LogP contribution in [0.3, 0.4) is 0 Å². The zero-order valence-corrected chi connectivity index (χ0v) is 14.2. The van der Waals surface area contributed by atoms with Gasteiger partial charge in [-0.3, -0.25) is 4.79 Å². The normalized spacial score (nSPS) is 13.0. The first-order chi connectivity index (χ1) is 12.6. The molecule has 0 bridgehead atoms. The highest BCUT2D eigenvalue weighted by molar-refractivity contribution is 6.16. The molecular weight excluding hydrogens is 334 g/mol. The van der Waals surface area contributed by atoms with Gasteiger partial charge in [-0.05, 0) is 29.7 Å². The predicted octanol–water partition coefficient (Wildman–Crippen LogP) is 3.29. The Morgan fingerprint density at radius 1 is 1.00 bits per heavy atom. The summed E-state index contributed by atoms with van der Waals surface area (Å²) in [7, 11) is 3.22. The van der Waals surface area contributed by atoms with Crippen molar-refractivity contribution in [2.45, 2.75) is 0 Å². The summed E-state index contributed by atoms with van der Waals surface area (Å²) in [5.41, 5.74) is 0.613. The van der Waals surface area contributed by atoms with Gasteiger partial charge in [-0.15, -0.1) is 0 Å². The summed E-state index contributed by atoms with van der Waals surface area (Å²) in [6.07, 6.45) is 0. The number of ether oxygens (including phenoxy) is 3. The maximum atomic E-state index is 12.9. The first-order valence-corrected chi connectivity index (χ1v) is 8.14. The molecule has 6 heteroatoms. The number of benzene rings is 3. The summed E-state index contributed by atoms with van der Waals surface area (Å²) < 4.78 is 17.8. The Kier molecular flexibility index (Phi) is 2.89. The number of phenolic OH excluding ortho intramolecular Hbond substituents is 1. The van der Waals surface area contributed by atoms with Crippen molar-refractivity contribution < 1.29 is 19.3 Å². The van der Waals surface area contributed by atoms with E-state index in [4.69, 9.17) is 14.2 Å². The van der Waals surface area contributed by atoms with Crippen molar-refractivity contribution in [1.29, 1.82) is 0 Å². The van der Waals surface area contributed by atoms with Crippen LogP contribution >= 0.6 is 0 Å². The molecule has 26 heavy (non-hydrogen) atoms. The molecule has 0 amide bonds. The van der Waals surface area contributed by atoms with E-state index in [-0.39, 0.29) is 18.1 Å². The highest BCUT2D eigenvalue weighted by atomic mass is 16.7. The Morgan fingerprint density at radius 3 is 2.54 bits per heavy atom. The molecule has 4 aromatic rings. The van der Waals surface area contributed by atoms with Crippen LogP contribution < -0.4 is 19.8 Å². The monoisotopic (exact) mass is 349 g/mol. The van der Waals surface area contributed by atoms with Gasteiger partial charge in [0.15, 0.2) is 23.0 Å². The molecule has 2 heterocycles. The lowest BCUT2D eigenvalue weighted by atomic mass is 10.00. The third-order valence-corrected chi connectivity index (χ3v) is 4.96. The SMILES string of the molecule is COc1cc2c(cc1O)c(=O)n(C)c1c3cc4c(cc3ccc21)OCO4. The van der Waals surface area contributed by atoms with Gasteiger partial charge in [0.05, 0.1) is 18.0 Å². The van der Waals surface area contributed by atoms with Gasteiger partial charge in [0.1, 0.15) is 0 Å². The molecule has 1 N–H and O–H groups in total. The van der Waals surface area contributed by atoms with E-state index in [0.29, 0.717) is 22.6 Å². The third-order valence-electron chi connectivity index (χ3n) is 4.96. The maximum Gasteiger partial charge on any atom is 0.258 e. The van der Waals surface area contributed by atoms with E-state index < -0.39 is 0 Å². The quantitative estimate of drug-likeness (QED) is 0.534. The molecule has 0 fully saturated rings. The molecule has 0 saturated heterocycles. The Hall–Kier alpha value is -3.41. The van der Waals surface area contributed by atoms with Gasteiger partial charge >= 0.3 is 0 Å². The molecule has 0 unspecified atom stereocenters. The summed E-state index contributed by atoms with van der Waals surface area (Å²) in [5.74, 6) is 1.65. The number of hydrogen-bond donors (Lipinski definition) is 1. The lowest BCUT2D eigenvalue weighted by Crippen LogP contribution is -2.17. The predicted molar refractivity (Wildman–Crippen MR) is 98.5 cm³/mol. The second-order valence-electron chi connectivity index (χ2n) is 6.32. The molecule has 0 radical (unpaired) electrons. The van der Waals surface area contributed by atoms with E-state index >= 15 is 0 Å². The van der Waals surface area contributed by atoms with Gasteiger partial charge in [0, 0.05) is 23.2 Å². The Labute approximate surface area is 147 Å². The largest absolute Gasteiger partial charge is 0.504 e. The number of fused-ring (bicyclic) bond motifs is 6. The minimum atomic E-state index is -0.185. The van der Waals surface area contributed by atoms with Crippen molar-refractivity contribution in [2.24, 2.45) is 7.05 Å². The van der Waals surface area contributed by atoms with E-state index in [1.807, 2.05) is 24.3 Å². The van der Waals surface area contributed by atoms with Crippen LogP contribution in [0.2, 0.25) is 0 Å². The molecule has 1 aliphatic rings. The smallest absolute Gasteiger partial charge is 0.258 e. The van der Waals surface area contributed by atoms with Crippen LogP contribution in [-0.4, -0.2) is 23.6 Å². The highest BCUT2D eigenvalue weighted by Crippen LogP contribution is 2.40. The van der Waals surface area contributed by atoms with Gasteiger partial charge in [-0.25, -0.2) is 0 Å². The second-order valence-corrected chi connectivity index (χ2v) is 6.32. The number of hydrogen-bond acceptors (Lipinski definition) is 5. The van der Waals surface area contributed by atoms with E-state index in [9.17, 15) is 9.90 Å². The van der Waals surface area contributed by atoms with Crippen molar-refractivity contribution in [3.05, 3.63) is 46.8 Å². The molecular formula is C20H15NO5. The molecule has 0 atom stereocenters. The summed E-state index contributed by atoms with van der Waals surface area (Å²) in [6.45, 7) is 0.196. The maximum absolute atomic E-state index is 12.9. The zero-order chi connectivity index (χ0) is 18.0. The minimum absolute atomic E-state index is 0.0550. The Balaban J connectivity index is 2.02. The number of nitrogens with zero attached hydrogens (tertiary/aromatic N) is 1. The van der Waals surface area contributed by atoms with Crippen LogP contribution in [0.4, 0.5) is 0 Å².